The van der Waals surface area contributed by atoms with Gasteiger partial charge in [0.05, 0.1) is 44.1 Å². The molecular formula is C17H14Cl3N3O2S. The van der Waals surface area contributed by atoms with Crippen LogP contribution in [0.25, 0.3) is 11.0 Å². The van der Waals surface area contributed by atoms with Gasteiger partial charge in [0.1, 0.15) is 5.75 Å². The molecule has 1 heterocycles. The standard InChI is InChI=1S/C17H14Cl3N3O2S/c1-2-25-9-3-4-13-15(5-9)23-17(22-13)26-8-16(24)21-14-7-11(19)10(18)6-12(14)20/h3-7H,2,8H2,1H3,(H,21,24)(H,22,23). The first kappa shape index (κ1) is 19.2. The zero-order valence-electron chi connectivity index (χ0n) is 13.6. The van der Waals surface area contributed by atoms with E-state index in [-0.39, 0.29) is 11.7 Å². The minimum Gasteiger partial charge on any atom is -0.494 e. The van der Waals surface area contributed by atoms with Crippen molar-refractivity contribution in [3.05, 3.63) is 45.4 Å². The number of nitrogens with zero attached hydrogens (tertiary/aromatic N) is 1. The predicted octanol–water partition coefficient (Wildman–Crippen LogP) is 5.65. The van der Waals surface area contributed by atoms with E-state index in [1.54, 1.807) is 0 Å². The Morgan fingerprint density at radius 3 is 2.73 bits per heavy atom. The van der Waals surface area contributed by atoms with Crippen molar-refractivity contribution in [2.45, 2.75) is 12.1 Å². The quantitative estimate of drug-likeness (QED) is 0.391. The van der Waals surface area contributed by atoms with Crippen LogP contribution >= 0.6 is 46.6 Å². The molecule has 0 aliphatic carbocycles. The topological polar surface area (TPSA) is 67.0 Å². The van der Waals surface area contributed by atoms with Crippen LogP contribution in [0.4, 0.5) is 5.69 Å². The molecule has 0 unspecified atom stereocenters. The second-order valence-electron chi connectivity index (χ2n) is 5.24. The van der Waals surface area contributed by atoms with Crippen LogP contribution in [0.5, 0.6) is 5.75 Å². The van der Waals surface area contributed by atoms with Gasteiger partial charge in [-0.1, -0.05) is 46.6 Å². The summed E-state index contributed by atoms with van der Waals surface area (Å²) in [5.74, 6) is 0.701. The number of aromatic amines is 1. The molecule has 3 aromatic rings. The van der Waals surface area contributed by atoms with Gasteiger partial charge in [0.2, 0.25) is 5.91 Å². The fourth-order valence-electron chi connectivity index (χ4n) is 2.23. The Bertz CT molecular complexity index is 962. The van der Waals surface area contributed by atoms with Gasteiger partial charge in [0, 0.05) is 6.07 Å². The fourth-order valence-corrected chi connectivity index (χ4v) is 3.51. The van der Waals surface area contributed by atoms with Crippen LogP contribution in [0, 0.1) is 0 Å². The van der Waals surface area contributed by atoms with Crippen molar-refractivity contribution < 1.29 is 9.53 Å². The van der Waals surface area contributed by atoms with E-state index in [1.807, 2.05) is 25.1 Å². The molecule has 5 nitrogen and oxygen atoms in total. The van der Waals surface area contributed by atoms with Crippen molar-refractivity contribution in [1.82, 2.24) is 9.97 Å². The van der Waals surface area contributed by atoms with E-state index in [4.69, 9.17) is 39.5 Å². The van der Waals surface area contributed by atoms with Gasteiger partial charge < -0.3 is 15.0 Å². The number of imidazole rings is 1. The zero-order valence-corrected chi connectivity index (χ0v) is 16.7. The van der Waals surface area contributed by atoms with Crippen molar-refractivity contribution in [1.29, 1.82) is 0 Å². The van der Waals surface area contributed by atoms with Crippen LogP contribution in [0.3, 0.4) is 0 Å². The van der Waals surface area contributed by atoms with Gasteiger partial charge in [-0.2, -0.15) is 0 Å². The fraction of sp³-hybridized carbons (Fsp3) is 0.176. The number of thioether (sulfide) groups is 1. The molecule has 3 rings (SSSR count). The summed E-state index contributed by atoms with van der Waals surface area (Å²) < 4.78 is 5.47. The Labute approximate surface area is 169 Å². The molecule has 0 fully saturated rings. The smallest absolute Gasteiger partial charge is 0.234 e. The van der Waals surface area contributed by atoms with E-state index in [0.717, 1.165) is 16.8 Å². The number of carbonyl (C=O) groups excluding carboxylic acids is 1. The summed E-state index contributed by atoms with van der Waals surface area (Å²) in [6, 6.07) is 8.62. The molecule has 0 atom stereocenters. The molecule has 0 bridgehead atoms. The molecule has 2 N–H and O–H groups in total. The maximum atomic E-state index is 12.2. The monoisotopic (exact) mass is 429 g/mol. The minimum atomic E-state index is -0.231. The van der Waals surface area contributed by atoms with Crippen LogP contribution in [0.2, 0.25) is 15.1 Å². The van der Waals surface area contributed by atoms with Gasteiger partial charge in [0.15, 0.2) is 5.16 Å². The number of carbonyl (C=O) groups is 1. The molecule has 0 aliphatic heterocycles. The predicted molar refractivity (Wildman–Crippen MR) is 108 cm³/mol. The second kappa shape index (κ2) is 8.39. The van der Waals surface area contributed by atoms with Gasteiger partial charge in [-0.05, 0) is 31.2 Å². The van der Waals surface area contributed by atoms with Gasteiger partial charge in [-0.25, -0.2) is 4.98 Å². The molecule has 26 heavy (non-hydrogen) atoms. The normalized spacial score (nSPS) is 10.9. The maximum absolute atomic E-state index is 12.2. The molecule has 0 spiro atoms. The van der Waals surface area contributed by atoms with E-state index in [9.17, 15) is 4.79 Å². The summed E-state index contributed by atoms with van der Waals surface area (Å²) in [7, 11) is 0. The minimum absolute atomic E-state index is 0.161. The largest absolute Gasteiger partial charge is 0.494 e. The van der Waals surface area contributed by atoms with Crippen molar-refractivity contribution in [3.63, 3.8) is 0 Å². The van der Waals surface area contributed by atoms with Crippen molar-refractivity contribution in [2.75, 3.05) is 17.7 Å². The van der Waals surface area contributed by atoms with Crippen LogP contribution in [0.15, 0.2) is 35.5 Å². The summed E-state index contributed by atoms with van der Waals surface area (Å²) >= 11 is 19.2. The van der Waals surface area contributed by atoms with Crippen molar-refractivity contribution >= 4 is 69.2 Å². The van der Waals surface area contributed by atoms with E-state index in [0.29, 0.717) is 32.5 Å². The first-order chi connectivity index (χ1) is 12.5. The first-order valence-electron chi connectivity index (χ1n) is 7.66. The third kappa shape index (κ3) is 4.57. The Hall–Kier alpha value is -1.60. The van der Waals surface area contributed by atoms with Crippen molar-refractivity contribution in [3.8, 4) is 5.75 Å². The van der Waals surface area contributed by atoms with Crippen LogP contribution in [-0.2, 0) is 4.79 Å². The van der Waals surface area contributed by atoms with Gasteiger partial charge >= 0.3 is 0 Å². The lowest BCUT2D eigenvalue weighted by Crippen LogP contribution is -2.14. The SMILES string of the molecule is CCOc1ccc2nc(SCC(=O)Nc3cc(Cl)c(Cl)cc3Cl)[nH]c2c1. The molecule has 0 radical (unpaired) electrons. The van der Waals surface area contributed by atoms with E-state index < -0.39 is 0 Å². The molecule has 136 valence electrons. The van der Waals surface area contributed by atoms with Gasteiger partial charge in [-0.15, -0.1) is 0 Å². The summed E-state index contributed by atoms with van der Waals surface area (Å²) in [4.78, 5) is 19.8. The molecule has 2 aromatic carbocycles. The number of fused-ring (bicyclic) bond motifs is 1. The van der Waals surface area contributed by atoms with Crippen LogP contribution in [-0.4, -0.2) is 28.2 Å². The third-order valence-electron chi connectivity index (χ3n) is 3.37. The number of hydrogen-bond acceptors (Lipinski definition) is 4. The van der Waals surface area contributed by atoms with Crippen molar-refractivity contribution in [2.24, 2.45) is 0 Å². The molecule has 0 saturated heterocycles. The molecular weight excluding hydrogens is 417 g/mol. The van der Waals surface area contributed by atoms with E-state index in [1.165, 1.54) is 23.9 Å². The van der Waals surface area contributed by atoms with Gasteiger partial charge in [-0.3, -0.25) is 4.79 Å². The molecule has 1 aromatic heterocycles. The first-order valence-corrected chi connectivity index (χ1v) is 9.78. The highest BCUT2D eigenvalue weighted by atomic mass is 35.5. The average molecular weight is 431 g/mol. The number of benzene rings is 2. The highest BCUT2D eigenvalue weighted by Crippen LogP contribution is 2.32. The number of hydrogen-bond donors (Lipinski definition) is 2. The maximum Gasteiger partial charge on any atom is 0.234 e. The number of H-pyrrole nitrogens is 1. The number of ether oxygens (including phenoxy) is 1. The number of aromatic nitrogens is 2. The van der Waals surface area contributed by atoms with E-state index in [2.05, 4.69) is 15.3 Å². The number of anilines is 1. The van der Waals surface area contributed by atoms with Crippen LogP contribution in [0.1, 0.15) is 6.92 Å². The summed E-state index contributed by atoms with van der Waals surface area (Å²) in [6.07, 6.45) is 0. The Kier molecular flexibility index (Phi) is 6.19. The summed E-state index contributed by atoms with van der Waals surface area (Å²) in [6.45, 7) is 2.52. The number of halogens is 3. The summed E-state index contributed by atoms with van der Waals surface area (Å²) in [5, 5.41) is 4.33. The third-order valence-corrected chi connectivity index (χ3v) is 5.27. The lowest BCUT2D eigenvalue weighted by molar-refractivity contribution is -0.113. The highest BCUT2D eigenvalue weighted by molar-refractivity contribution is 7.99. The number of nitrogens with one attached hydrogen (secondary N) is 2. The Balaban J connectivity index is 1.64. The zero-order chi connectivity index (χ0) is 18.7. The Morgan fingerprint density at radius 1 is 1.19 bits per heavy atom. The summed E-state index contributed by atoms with van der Waals surface area (Å²) in [5.41, 5.74) is 2.08. The van der Waals surface area contributed by atoms with E-state index >= 15 is 0 Å². The number of amides is 1. The highest BCUT2D eigenvalue weighted by Gasteiger charge is 2.11. The molecule has 0 saturated carbocycles. The van der Waals surface area contributed by atoms with Crippen LogP contribution < -0.4 is 10.1 Å². The lowest BCUT2D eigenvalue weighted by Gasteiger charge is -2.08. The molecule has 1 amide bonds. The van der Waals surface area contributed by atoms with Gasteiger partial charge in [0.25, 0.3) is 0 Å². The second-order valence-corrected chi connectivity index (χ2v) is 7.42. The lowest BCUT2D eigenvalue weighted by atomic mass is 10.3. The molecule has 0 aliphatic rings. The molecule has 9 heteroatoms. The Morgan fingerprint density at radius 2 is 1.96 bits per heavy atom. The average Bonchev–Trinajstić information content (AvgIpc) is 3.00. The number of rotatable bonds is 6.